The number of aliphatic hydroxyl groups excluding tert-OH is 6. The lowest BCUT2D eigenvalue weighted by Gasteiger charge is -2.40. The minimum atomic E-state index is -1.62. The smallest absolute Gasteiger partial charge is 0.220 e. The Balaban J connectivity index is 2.40. The molecular formula is C43H84N2O10. The van der Waals surface area contributed by atoms with Gasteiger partial charge in [-0.05, 0) is 25.7 Å². The summed E-state index contributed by atoms with van der Waals surface area (Å²) in [6, 6.07) is -1.01. The molecule has 1 fully saturated rings. The molecule has 1 saturated heterocycles. The zero-order valence-electron chi connectivity index (χ0n) is 34.9. The van der Waals surface area contributed by atoms with Crippen molar-refractivity contribution in [1.29, 1.82) is 0 Å². The molecule has 0 radical (unpaired) electrons. The van der Waals surface area contributed by atoms with Crippen LogP contribution in [0.25, 0.3) is 0 Å². The molecule has 0 spiro atoms. The maximum atomic E-state index is 13.0. The van der Waals surface area contributed by atoms with Crippen LogP contribution in [0.4, 0.5) is 0 Å². The first-order valence-corrected chi connectivity index (χ1v) is 22.5. The first-order valence-electron chi connectivity index (χ1n) is 22.5. The largest absolute Gasteiger partial charge is 0.394 e. The number of aliphatic hydroxyl groups is 6. The van der Waals surface area contributed by atoms with E-state index in [1.54, 1.807) is 0 Å². The molecule has 0 aromatic carbocycles. The number of carbonyl (C=O) groups excluding carboxylic acids is 2. The number of ether oxygens (including phenoxy) is 2. The first-order chi connectivity index (χ1) is 26.7. The lowest BCUT2D eigenvalue weighted by molar-refractivity contribution is -0.303. The summed E-state index contributed by atoms with van der Waals surface area (Å²) in [5.41, 5.74) is 0. The molecule has 1 aliphatic heterocycles. The van der Waals surface area contributed by atoms with Crippen molar-refractivity contribution in [3.8, 4) is 0 Å². The van der Waals surface area contributed by atoms with Gasteiger partial charge in [-0.15, -0.1) is 0 Å². The number of hydrogen-bond acceptors (Lipinski definition) is 10. The molecule has 8 N–H and O–H groups in total. The van der Waals surface area contributed by atoms with Gasteiger partial charge in [-0.25, -0.2) is 0 Å². The SMILES string of the molecule is CCCCCCCCCCCCCC[C@@H](O)[C@@H](O)[C@H](CO[C@H]1O[C@H](CO)[C@H](O)[C@H](O)[C@H]1O)NC(=O)CCCCCCCCCCNC(=O)CCCCCCC. The molecule has 1 heterocycles. The van der Waals surface area contributed by atoms with Gasteiger partial charge in [-0.3, -0.25) is 9.59 Å². The van der Waals surface area contributed by atoms with Crippen LogP contribution in [0.1, 0.15) is 194 Å². The maximum absolute atomic E-state index is 13.0. The number of carbonyl (C=O) groups is 2. The summed E-state index contributed by atoms with van der Waals surface area (Å²) in [6.07, 6.45) is 19.3. The zero-order valence-corrected chi connectivity index (χ0v) is 34.9. The number of hydrogen-bond donors (Lipinski definition) is 8. The van der Waals surface area contributed by atoms with Crippen molar-refractivity contribution in [2.24, 2.45) is 0 Å². The van der Waals surface area contributed by atoms with Gasteiger partial charge < -0.3 is 50.7 Å². The quantitative estimate of drug-likeness (QED) is 0.0341. The third-order valence-electron chi connectivity index (χ3n) is 11.0. The van der Waals surface area contributed by atoms with Gasteiger partial charge in [0.2, 0.25) is 11.8 Å². The molecule has 1 aliphatic rings. The standard InChI is InChI=1S/C43H84N2O10/c1-3-5-7-9-10-11-12-13-14-17-21-24-28-35(47)39(50)34(33-54-43-42(53)41(52)40(51)36(32-46)55-43)45-38(49)30-26-22-18-15-16-19-23-27-31-44-37(48)29-25-20-8-6-4-2/h34-36,39-43,46-47,50-53H,3-33H2,1-2H3,(H,44,48)(H,45,49)/t34-,35+,36+,39-,40-,41-,42+,43-/m0/s1. The Morgan fingerprint density at radius 1 is 0.600 bits per heavy atom. The van der Waals surface area contributed by atoms with Gasteiger partial charge in [0, 0.05) is 19.4 Å². The lowest BCUT2D eigenvalue weighted by Crippen LogP contribution is -2.60. The molecule has 8 atom stereocenters. The summed E-state index contributed by atoms with van der Waals surface area (Å²) in [5, 5.41) is 68.0. The van der Waals surface area contributed by atoms with E-state index in [4.69, 9.17) is 9.47 Å². The van der Waals surface area contributed by atoms with E-state index in [0.29, 0.717) is 19.3 Å². The van der Waals surface area contributed by atoms with Crippen LogP contribution in [-0.2, 0) is 19.1 Å². The second-order valence-corrected chi connectivity index (χ2v) is 16.0. The molecule has 0 bridgehead atoms. The second-order valence-electron chi connectivity index (χ2n) is 16.0. The highest BCUT2D eigenvalue weighted by molar-refractivity contribution is 5.76. The molecule has 12 nitrogen and oxygen atoms in total. The van der Waals surface area contributed by atoms with Crippen molar-refractivity contribution >= 4 is 11.8 Å². The molecule has 12 heteroatoms. The van der Waals surface area contributed by atoms with Crippen molar-refractivity contribution in [2.45, 2.75) is 243 Å². The van der Waals surface area contributed by atoms with E-state index in [1.165, 1.54) is 70.6 Å². The van der Waals surface area contributed by atoms with Crippen LogP contribution < -0.4 is 10.6 Å². The van der Waals surface area contributed by atoms with E-state index in [1.807, 2.05) is 0 Å². The van der Waals surface area contributed by atoms with E-state index in [9.17, 15) is 40.2 Å². The summed E-state index contributed by atoms with van der Waals surface area (Å²) in [4.78, 5) is 24.9. The molecule has 55 heavy (non-hydrogen) atoms. The van der Waals surface area contributed by atoms with Crippen LogP contribution in [-0.4, -0.2) is 111 Å². The Bertz CT molecular complexity index is 913. The molecule has 2 amide bonds. The second kappa shape index (κ2) is 34.6. The van der Waals surface area contributed by atoms with Crippen LogP contribution in [0.3, 0.4) is 0 Å². The van der Waals surface area contributed by atoms with Crippen molar-refractivity contribution in [2.75, 3.05) is 19.8 Å². The van der Waals surface area contributed by atoms with Crippen LogP contribution >= 0.6 is 0 Å². The monoisotopic (exact) mass is 789 g/mol. The number of unbranched alkanes of at least 4 members (excludes halogenated alkanes) is 22. The highest BCUT2D eigenvalue weighted by atomic mass is 16.7. The maximum Gasteiger partial charge on any atom is 0.220 e. The number of rotatable bonds is 37. The summed E-state index contributed by atoms with van der Waals surface area (Å²) in [5.74, 6) is -0.129. The molecule has 0 aromatic rings. The minimum Gasteiger partial charge on any atom is -0.394 e. The Morgan fingerprint density at radius 2 is 1.05 bits per heavy atom. The Kier molecular flexibility index (Phi) is 32.5. The Morgan fingerprint density at radius 3 is 1.56 bits per heavy atom. The predicted octanol–water partition coefficient (Wildman–Crippen LogP) is 6.09. The van der Waals surface area contributed by atoms with Crippen LogP contribution in [0.5, 0.6) is 0 Å². The van der Waals surface area contributed by atoms with Crippen LogP contribution in [0.2, 0.25) is 0 Å². The molecule has 1 rings (SSSR count). The first kappa shape index (κ1) is 51.6. The van der Waals surface area contributed by atoms with Gasteiger partial charge in [0.05, 0.1) is 25.4 Å². The Labute approximate surface area is 333 Å². The minimum absolute atomic E-state index is 0.161. The zero-order chi connectivity index (χ0) is 40.5. The molecule has 0 aromatic heterocycles. The summed E-state index contributed by atoms with van der Waals surface area (Å²) < 4.78 is 11.1. The highest BCUT2D eigenvalue weighted by Gasteiger charge is 2.44. The van der Waals surface area contributed by atoms with Crippen molar-refractivity contribution in [3.05, 3.63) is 0 Å². The predicted molar refractivity (Wildman–Crippen MR) is 217 cm³/mol. The van der Waals surface area contributed by atoms with E-state index < -0.39 is 55.6 Å². The summed E-state index contributed by atoms with van der Waals surface area (Å²) in [7, 11) is 0. The number of nitrogens with one attached hydrogen (secondary N) is 2. The third-order valence-corrected chi connectivity index (χ3v) is 11.0. The van der Waals surface area contributed by atoms with Crippen molar-refractivity contribution < 1.29 is 49.7 Å². The third kappa shape index (κ3) is 25.6. The van der Waals surface area contributed by atoms with Gasteiger partial charge in [-0.2, -0.15) is 0 Å². The lowest BCUT2D eigenvalue weighted by atomic mass is 9.98. The van der Waals surface area contributed by atoms with Crippen molar-refractivity contribution in [1.82, 2.24) is 10.6 Å². The fourth-order valence-electron chi connectivity index (χ4n) is 7.22. The number of amides is 2. The molecule has 326 valence electrons. The van der Waals surface area contributed by atoms with E-state index in [2.05, 4.69) is 24.5 Å². The summed E-state index contributed by atoms with van der Waals surface area (Å²) >= 11 is 0. The van der Waals surface area contributed by atoms with Gasteiger partial charge in [-0.1, -0.05) is 155 Å². The summed E-state index contributed by atoms with van der Waals surface area (Å²) in [6.45, 7) is 4.23. The van der Waals surface area contributed by atoms with E-state index in [-0.39, 0.29) is 24.8 Å². The highest BCUT2D eigenvalue weighted by Crippen LogP contribution is 2.23. The van der Waals surface area contributed by atoms with E-state index >= 15 is 0 Å². The van der Waals surface area contributed by atoms with Gasteiger partial charge in [0.15, 0.2) is 6.29 Å². The van der Waals surface area contributed by atoms with Crippen molar-refractivity contribution in [3.63, 3.8) is 0 Å². The van der Waals surface area contributed by atoms with Gasteiger partial charge >= 0.3 is 0 Å². The molecule has 0 unspecified atom stereocenters. The molecular weight excluding hydrogens is 704 g/mol. The van der Waals surface area contributed by atoms with Gasteiger partial charge in [0.25, 0.3) is 0 Å². The van der Waals surface area contributed by atoms with Crippen LogP contribution in [0, 0.1) is 0 Å². The van der Waals surface area contributed by atoms with Gasteiger partial charge in [0.1, 0.15) is 30.5 Å². The molecule has 0 aliphatic carbocycles. The average molecular weight is 789 g/mol. The van der Waals surface area contributed by atoms with Crippen LogP contribution in [0.15, 0.2) is 0 Å². The fourth-order valence-corrected chi connectivity index (χ4v) is 7.22. The molecule has 0 saturated carbocycles. The average Bonchev–Trinajstić information content (AvgIpc) is 3.18. The van der Waals surface area contributed by atoms with E-state index in [0.717, 1.165) is 90.0 Å². The Hall–Kier alpha value is -1.38. The fraction of sp³-hybridized carbons (Fsp3) is 0.953. The topological polar surface area (TPSA) is 198 Å². The normalized spacial score (nSPS) is 21.6.